The van der Waals surface area contributed by atoms with Gasteiger partial charge < -0.3 is 18.9 Å². The molecule has 0 radical (unpaired) electrons. The van der Waals surface area contributed by atoms with Crippen molar-refractivity contribution in [1.82, 2.24) is 10.2 Å². The van der Waals surface area contributed by atoms with Gasteiger partial charge >= 0.3 is 5.97 Å². The highest BCUT2D eigenvalue weighted by Crippen LogP contribution is 2.18. The molecule has 3 rings (SSSR count). The Hall–Kier alpha value is -3.42. The van der Waals surface area contributed by atoms with Gasteiger partial charge in [-0.3, -0.25) is 4.79 Å². The Morgan fingerprint density at radius 1 is 1.21 bits per heavy atom. The molecule has 0 saturated heterocycles. The Morgan fingerprint density at radius 2 is 2.08 bits per heavy atom. The molecule has 0 spiro atoms. The molecule has 0 unspecified atom stereocenters. The quantitative estimate of drug-likeness (QED) is 0.718. The molecule has 0 aliphatic rings. The predicted molar refractivity (Wildman–Crippen MR) is 81.9 cm³/mol. The van der Waals surface area contributed by atoms with Gasteiger partial charge in [0.1, 0.15) is 0 Å². The minimum Gasteiger partial charge on any atom is -0.459 e. The number of ether oxygens (including phenoxy) is 1. The second kappa shape index (κ2) is 6.78. The number of carbonyl (C=O) groups is 2. The van der Waals surface area contributed by atoms with Crippen molar-refractivity contribution in [1.29, 1.82) is 0 Å². The van der Waals surface area contributed by atoms with Crippen LogP contribution in [0.15, 0.2) is 51.5 Å². The van der Waals surface area contributed by atoms with Crippen molar-refractivity contribution in [3.8, 4) is 11.7 Å². The Morgan fingerprint density at radius 3 is 2.83 bits per heavy atom. The zero-order valence-corrected chi connectivity index (χ0v) is 12.7. The molecule has 24 heavy (non-hydrogen) atoms. The number of hydrogen-bond donors (Lipinski definition) is 1. The molecule has 8 nitrogen and oxygen atoms in total. The number of carbonyl (C=O) groups excluding carboxylic acids is 2. The molecule has 122 valence electrons. The van der Waals surface area contributed by atoms with Gasteiger partial charge in [-0.05, 0) is 30.3 Å². The molecular weight excluding hydrogens is 314 g/mol. The standard InChI is InChI=1S/C16H13N3O5/c1-10(20)17-12-5-2-4-11(8-12)16(21)23-9-14-18-19-15(24-14)13-6-3-7-22-13/h2-8H,9H2,1H3,(H,17,20). The van der Waals surface area contributed by atoms with Crippen LogP contribution in [0.1, 0.15) is 23.2 Å². The first-order valence-corrected chi connectivity index (χ1v) is 7.03. The number of rotatable bonds is 5. The van der Waals surface area contributed by atoms with Crippen molar-refractivity contribution in [2.75, 3.05) is 5.32 Å². The monoisotopic (exact) mass is 327 g/mol. The summed E-state index contributed by atoms with van der Waals surface area (Å²) < 4.78 is 15.6. The van der Waals surface area contributed by atoms with E-state index in [1.54, 1.807) is 30.3 Å². The lowest BCUT2D eigenvalue weighted by Crippen LogP contribution is -2.09. The lowest BCUT2D eigenvalue weighted by atomic mass is 10.2. The van der Waals surface area contributed by atoms with Gasteiger partial charge in [-0.2, -0.15) is 0 Å². The van der Waals surface area contributed by atoms with E-state index >= 15 is 0 Å². The molecule has 0 saturated carbocycles. The van der Waals surface area contributed by atoms with Crippen molar-refractivity contribution in [2.45, 2.75) is 13.5 Å². The molecule has 3 aromatic rings. The second-order valence-electron chi connectivity index (χ2n) is 4.82. The maximum absolute atomic E-state index is 12.0. The smallest absolute Gasteiger partial charge is 0.338 e. The van der Waals surface area contributed by atoms with Gasteiger partial charge in [0.2, 0.25) is 5.91 Å². The first-order chi connectivity index (χ1) is 11.6. The fraction of sp³-hybridized carbons (Fsp3) is 0.125. The molecule has 1 amide bonds. The van der Waals surface area contributed by atoms with Gasteiger partial charge in [0.15, 0.2) is 12.4 Å². The summed E-state index contributed by atoms with van der Waals surface area (Å²) in [6.07, 6.45) is 1.49. The van der Waals surface area contributed by atoms with E-state index in [9.17, 15) is 9.59 Å². The summed E-state index contributed by atoms with van der Waals surface area (Å²) >= 11 is 0. The fourth-order valence-corrected chi connectivity index (χ4v) is 1.95. The first kappa shape index (κ1) is 15.5. The van der Waals surface area contributed by atoms with Crippen LogP contribution in [0.2, 0.25) is 0 Å². The molecule has 0 fully saturated rings. The van der Waals surface area contributed by atoms with Gasteiger partial charge in [-0.1, -0.05) is 6.07 Å². The van der Waals surface area contributed by atoms with E-state index in [0.717, 1.165) is 0 Å². The van der Waals surface area contributed by atoms with Crippen LogP contribution in [0.4, 0.5) is 5.69 Å². The number of benzene rings is 1. The zero-order valence-electron chi connectivity index (χ0n) is 12.7. The van der Waals surface area contributed by atoms with Gasteiger partial charge in [0.25, 0.3) is 11.8 Å². The van der Waals surface area contributed by atoms with Crippen molar-refractivity contribution in [2.24, 2.45) is 0 Å². The lowest BCUT2D eigenvalue weighted by molar-refractivity contribution is -0.114. The van der Waals surface area contributed by atoms with Crippen LogP contribution in [-0.4, -0.2) is 22.1 Å². The van der Waals surface area contributed by atoms with Gasteiger partial charge in [-0.25, -0.2) is 4.79 Å². The predicted octanol–water partition coefficient (Wildman–Crippen LogP) is 2.65. The third kappa shape index (κ3) is 3.67. The summed E-state index contributed by atoms with van der Waals surface area (Å²) in [4.78, 5) is 23.1. The summed E-state index contributed by atoms with van der Waals surface area (Å²) in [6.45, 7) is 1.22. The topological polar surface area (TPSA) is 107 Å². The van der Waals surface area contributed by atoms with E-state index in [1.165, 1.54) is 19.3 Å². The number of furan rings is 1. The van der Waals surface area contributed by atoms with Crippen LogP contribution in [0.25, 0.3) is 11.7 Å². The Bertz CT molecular complexity index is 854. The molecule has 1 N–H and O–H groups in total. The van der Waals surface area contributed by atoms with Gasteiger partial charge in [-0.15, -0.1) is 10.2 Å². The van der Waals surface area contributed by atoms with E-state index in [2.05, 4.69) is 15.5 Å². The summed E-state index contributed by atoms with van der Waals surface area (Å²) in [7, 11) is 0. The van der Waals surface area contributed by atoms with Crippen LogP contribution in [0.3, 0.4) is 0 Å². The summed E-state index contributed by atoms with van der Waals surface area (Å²) in [5, 5.41) is 10.2. The third-order valence-electron chi connectivity index (χ3n) is 2.94. The molecule has 0 atom stereocenters. The third-order valence-corrected chi connectivity index (χ3v) is 2.94. The van der Waals surface area contributed by atoms with E-state index in [-0.39, 0.29) is 24.3 Å². The lowest BCUT2D eigenvalue weighted by Gasteiger charge is -2.05. The normalized spacial score (nSPS) is 10.4. The minimum absolute atomic E-state index is 0.146. The number of hydrogen-bond acceptors (Lipinski definition) is 7. The van der Waals surface area contributed by atoms with Gasteiger partial charge in [0.05, 0.1) is 11.8 Å². The fourth-order valence-electron chi connectivity index (χ4n) is 1.95. The maximum Gasteiger partial charge on any atom is 0.338 e. The van der Waals surface area contributed by atoms with E-state index in [1.807, 2.05) is 0 Å². The zero-order chi connectivity index (χ0) is 16.9. The average Bonchev–Trinajstić information content (AvgIpc) is 3.23. The summed E-state index contributed by atoms with van der Waals surface area (Å²) in [6, 6.07) is 9.79. The number of anilines is 1. The number of esters is 1. The summed E-state index contributed by atoms with van der Waals surface area (Å²) in [5.74, 6) is -0.00802. The first-order valence-electron chi connectivity index (χ1n) is 7.03. The number of aromatic nitrogens is 2. The molecular formula is C16H13N3O5. The highest BCUT2D eigenvalue weighted by atomic mass is 16.5. The molecule has 8 heteroatoms. The van der Waals surface area contributed by atoms with Crippen LogP contribution in [0, 0.1) is 0 Å². The number of nitrogens with one attached hydrogen (secondary N) is 1. The van der Waals surface area contributed by atoms with E-state index in [4.69, 9.17) is 13.6 Å². The number of amides is 1. The van der Waals surface area contributed by atoms with Crippen LogP contribution < -0.4 is 5.32 Å². The molecule has 2 aromatic heterocycles. The Balaban J connectivity index is 1.62. The minimum atomic E-state index is -0.569. The van der Waals surface area contributed by atoms with E-state index < -0.39 is 5.97 Å². The van der Waals surface area contributed by atoms with Crippen molar-refractivity contribution in [3.63, 3.8) is 0 Å². The van der Waals surface area contributed by atoms with Crippen molar-refractivity contribution >= 4 is 17.6 Å². The molecule has 0 aliphatic heterocycles. The van der Waals surface area contributed by atoms with Crippen molar-refractivity contribution in [3.05, 3.63) is 54.1 Å². The Labute approximate surface area is 136 Å². The van der Waals surface area contributed by atoms with Crippen LogP contribution >= 0.6 is 0 Å². The maximum atomic E-state index is 12.0. The highest BCUT2D eigenvalue weighted by molar-refractivity contribution is 5.93. The van der Waals surface area contributed by atoms with Crippen LogP contribution in [-0.2, 0) is 16.1 Å². The van der Waals surface area contributed by atoms with Crippen LogP contribution in [0.5, 0.6) is 0 Å². The molecule has 2 heterocycles. The highest BCUT2D eigenvalue weighted by Gasteiger charge is 2.14. The van der Waals surface area contributed by atoms with Crippen molar-refractivity contribution < 1.29 is 23.2 Å². The number of nitrogens with zero attached hydrogens (tertiary/aromatic N) is 2. The average molecular weight is 327 g/mol. The Kier molecular flexibility index (Phi) is 4.37. The largest absolute Gasteiger partial charge is 0.459 e. The molecule has 0 bridgehead atoms. The summed E-state index contributed by atoms with van der Waals surface area (Å²) in [5.41, 5.74) is 0.807. The second-order valence-corrected chi connectivity index (χ2v) is 4.82. The molecule has 0 aliphatic carbocycles. The van der Waals surface area contributed by atoms with Gasteiger partial charge in [0, 0.05) is 12.6 Å². The SMILES string of the molecule is CC(=O)Nc1cccc(C(=O)OCc2nnc(-c3ccco3)o2)c1. The molecule has 1 aromatic carbocycles. The van der Waals surface area contributed by atoms with E-state index in [0.29, 0.717) is 17.0 Å².